The molecule has 0 bridgehead atoms. The maximum absolute atomic E-state index is 14.2. The van der Waals surface area contributed by atoms with E-state index in [1.807, 2.05) is 19.9 Å². The van der Waals surface area contributed by atoms with E-state index in [2.05, 4.69) is 31.2 Å². The number of ether oxygens (including phenoxy) is 1. The summed E-state index contributed by atoms with van der Waals surface area (Å²) in [7, 11) is 0. The van der Waals surface area contributed by atoms with E-state index in [0.717, 1.165) is 17.0 Å². The van der Waals surface area contributed by atoms with Crippen LogP contribution in [0.1, 0.15) is 64.4 Å². The average Bonchev–Trinajstić information content (AvgIpc) is 2.63. The second kappa shape index (κ2) is 8.03. The lowest BCUT2D eigenvalue weighted by Gasteiger charge is -2.28. The van der Waals surface area contributed by atoms with Gasteiger partial charge in [-0.15, -0.1) is 0 Å². The van der Waals surface area contributed by atoms with Gasteiger partial charge in [-0.2, -0.15) is 0 Å². The summed E-state index contributed by atoms with van der Waals surface area (Å²) in [6.45, 7) is 6.11. The van der Waals surface area contributed by atoms with Crippen LogP contribution in [0, 0.1) is 11.7 Å². The molecule has 0 aromatic heterocycles. The van der Waals surface area contributed by atoms with E-state index < -0.39 is 0 Å². The largest absolute Gasteiger partial charge is 0.488 e. The van der Waals surface area contributed by atoms with Gasteiger partial charge in [0.1, 0.15) is 0 Å². The smallest absolute Gasteiger partial charge is 0.165 e. The summed E-state index contributed by atoms with van der Waals surface area (Å²) in [6, 6.07) is 13.9. The van der Waals surface area contributed by atoms with Gasteiger partial charge in [0.2, 0.25) is 0 Å². The Morgan fingerprint density at radius 1 is 0.960 bits per heavy atom. The normalized spacial score (nSPS) is 20.7. The average molecular weight is 340 g/mol. The van der Waals surface area contributed by atoms with Crippen LogP contribution in [0.15, 0.2) is 42.5 Å². The van der Waals surface area contributed by atoms with Crippen LogP contribution in [0.4, 0.5) is 4.39 Å². The SMILES string of the molecule is CCC1CCC(c2ccc(-c3ccc(OC(C)C)c(F)c3)cc2)CC1. The van der Waals surface area contributed by atoms with Crippen molar-refractivity contribution in [3.63, 3.8) is 0 Å². The van der Waals surface area contributed by atoms with Crippen LogP contribution >= 0.6 is 0 Å². The van der Waals surface area contributed by atoms with Gasteiger partial charge in [0.25, 0.3) is 0 Å². The molecule has 0 radical (unpaired) electrons. The molecule has 1 nitrogen and oxygen atoms in total. The molecule has 2 aromatic carbocycles. The lowest BCUT2D eigenvalue weighted by Crippen LogP contribution is -2.12. The Morgan fingerprint density at radius 3 is 2.16 bits per heavy atom. The van der Waals surface area contributed by atoms with Crippen molar-refractivity contribution in [2.24, 2.45) is 5.92 Å². The Kier molecular flexibility index (Phi) is 5.78. The first-order valence-electron chi connectivity index (χ1n) is 9.63. The molecule has 0 spiro atoms. The predicted octanol–water partition coefficient (Wildman–Crippen LogP) is 6.96. The third-order valence-electron chi connectivity index (χ3n) is 5.43. The molecule has 1 aliphatic rings. The topological polar surface area (TPSA) is 9.23 Å². The number of hydrogen-bond donors (Lipinski definition) is 0. The molecule has 3 rings (SSSR count). The summed E-state index contributed by atoms with van der Waals surface area (Å²) >= 11 is 0. The van der Waals surface area contributed by atoms with Crippen LogP contribution in [0.3, 0.4) is 0 Å². The number of hydrogen-bond acceptors (Lipinski definition) is 1. The van der Waals surface area contributed by atoms with Crippen molar-refractivity contribution in [3.8, 4) is 16.9 Å². The van der Waals surface area contributed by atoms with Crippen molar-refractivity contribution in [3.05, 3.63) is 53.8 Å². The Labute approximate surface area is 151 Å². The monoisotopic (exact) mass is 340 g/mol. The fourth-order valence-corrected chi connectivity index (χ4v) is 3.88. The first-order chi connectivity index (χ1) is 12.1. The van der Waals surface area contributed by atoms with Crippen LogP contribution < -0.4 is 4.74 Å². The third kappa shape index (κ3) is 4.42. The van der Waals surface area contributed by atoms with Gasteiger partial charge in [0, 0.05) is 0 Å². The van der Waals surface area contributed by atoms with Gasteiger partial charge >= 0.3 is 0 Å². The summed E-state index contributed by atoms with van der Waals surface area (Å²) in [5.74, 6) is 1.64. The first kappa shape index (κ1) is 18.0. The predicted molar refractivity (Wildman–Crippen MR) is 103 cm³/mol. The summed E-state index contributed by atoms with van der Waals surface area (Å²) < 4.78 is 19.7. The molecular weight excluding hydrogens is 311 g/mol. The lowest BCUT2D eigenvalue weighted by molar-refractivity contribution is 0.231. The Bertz CT molecular complexity index is 682. The van der Waals surface area contributed by atoms with E-state index in [-0.39, 0.29) is 11.9 Å². The molecule has 1 aliphatic carbocycles. The molecule has 1 saturated carbocycles. The van der Waals surface area contributed by atoms with Crippen LogP contribution in [-0.4, -0.2) is 6.10 Å². The summed E-state index contributed by atoms with van der Waals surface area (Å²) in [6.07, 6.45) is 6.59. The Hall–Kier alpha value is -1.83. The van der Waals surface area contributed by atoms with Crippen molar-refractivity contribution >= 4 is 0 Å². The minimum Gasteiger partial charge on any atom is -0.488 e. The zero-order valence-corrected chi connectivity index (χ0v) is 15.6. The Morgan fingerprint density at radius 2 is 1.60 bits per heavy atom. The Balaban J connectivity index is 1.71. The van der Waals surface area contributed by atoms with Crippen molar-refractivity contribution in [2.75, 3.05) is 0 Å². The van der Waals surface area contributed by atoms with E-state index in [1.54, 1.807) is 12.1 Å². The molecule has 0 heterocycles. The van der Waals surface area contributed by atoms with Crippen molar-refractivity contribution < 1.29 is 9.13 Å². The van der Waals surface area contributed by atoms with E-state index >= 15 is 0 Å². The molecule has 0 amide bonds. The maximum Gasteiger partial charge on any atom is 0.165 e. The number of benzene rings is 2. The molecule has 2 aromatic rings. The van der Waals surface area contributed by atoms with Gasteiger partial charge in [-0.3, -0.25) is 0 Å². The van der Waals surface area contributed by atoms with Crippen molar-refractivity contribution in [1.82, 2.24) is 0 Å². The molecule has 2 heteroatoms. The molecule has 134 valence electrons. The highest BCUT2D eigenvalue weighted by Gasteiger charge is 2.21. The lowest BCUT2D eigenvalue weighted by atomic mass is 9.77. The minimum atomic E-state index is -0.298. The second-order valence-electron chi connectivity index (χ2n) is 7.56. The van der Waals surface area contributed by atoms with Gasteiger partial charge in [-0.25, -0.2) is 4.39 Å². The standard InChI is InChI=1S/C23H29FO/c1-4-17-5-7-18(8-6-17)19-9-11-20(12-10-19)21-13-14-23(22(24)15-21)25-16(2)3/h9-18H,4-8H2,1-3H3. The van der Waals surface area contributed by atoms with Crippen molar-refractivity contribution in [1.29, 1.82) is 0 Å². The van der Waals surface area contributed by atoms with Gasteiger partial charge < -0.3 is 4.74 Å². The van der Waals surface area contributed by atoms with Crippen LogP contribution in [-0.2, 0) is 0 Å². The van der Waals surface area contributed by atoms with Gasteiger partial charge in [-0.05, 0) is 80.2 Å². The van der Waals surface area contributed by atoms with Crippen LogP contribution in [0.2, 0.25) is 0 Å². The van der Waals surface area contributed by atoms with E-state index in [9.17, 15) is 4.39 Å². The maximum atomic E-state index is 14.2. The summed E-state index contributed by atoms with van der Waals surface area (Å²) in [5, 5.41) is 0. The van der Waals surface area contributed by atoms with Gasteiger partial charge in [-0.1, -0.05) is 43.7 Å². The molecule has 0 saturated heterocycles. The molecule has 0 unspecified atom stereocenters. The highest BCUT2D eigenvalue weighted by molar-refractivity contribution is 5.64. The molecule has 0 atom stereocenters. The van der Waals surface area contributed by atoms with E-state index in [4.69, 9.17) is 4.74 Å². The highest BCUT2D eigenvalue weighted by atomic mass is 19.1. The molecule has 0 N–H and O–H groups in total. The van der Waals surface area contributed by atoms with Crippen LogP contribution in [0.25, 0.3) is 11.1 Å². The van der Waals surface area contributed by atoms with E-state index in [0.29, 0.717) is 11.7 Å². The van der Waals surface area contributed by atoms with Gasteiger partial charge in [0.05, 0.1) is 6.10 Å². The van der Waals surface area contributed by atoms with E-state index in [1.165, 1.54) is 37.7 Å². The first-order valence-corrected chi connectivity index (χ1v) is 9.63. The minimum absolute atomic E-state index is 0.0255. The van der Waals surface area contributed by atoms with Gasteiger partial charge in [0.15, 0.2) is 11.6 Å². The zero-order chi connectivity index (χ0) is 17.8. The summed E-state index contributed by atoms with van der Waals surface area (Å²) in [4.78, 5) is 0. The molecule has 0 aliphatic heterocycles. The van der Waals surface area contributed by atoms with Crippen LogP contribution in [0.5, 0.6) is 5.75 Å². The number of halogens is 1. The second-order valence-corrected chi connectivity index (χ2v) is 7.56. The fraction of sp³-hybridized carbons (Fsp3) is 0.478. The van der Waals surface area contributed by atoms with Crippen molar-refractivity contribution in [2.45, 2.75) is 64.9 Å². The fourth-order valence-electron chi connectivity index (χ4n) is 3.88. The molecule has 25 heavy (non-hydrogen) atoms. The summed E-state index contributed by atoms with van der Waals surface area (Å²) in [5.41, 5.74) is 3.38. The third-order valence-corrected chi connectivity index (χ3v) is 5.43. The number of rotatable bonds is 5. The molecule has 1 fully saturated rings. The quantitative estimate of drug-likeness (QED) is 0.571. The highest BCUT2D eigenvalue weighted by Crippen LogP contribution is 2.37. The zero-order valence-electron chi connectivity index (χ0n) is 15.6. The molecular formula is C23H29FO.